The van der Waals surface area contributed by atoms with Crippen LogP contribution in [0.2, 0.25) is 0 Å². The third-order valence-corrected chi connectivity index (χ3v) is 3.19. The maximum Gasteiger partial charge on any atom is 1.00 e. The number of hydrogen-bond acceptors (Lipinski definition) is 4. The van der Waals surface area contributed by atoms with Crippen LogP contribution in [-0.4, -0.2) is 21.7 Å². The Morgan fingerprint density at radius 2 is 1.80 bits per heavy atom. The van der Waals surface area contributed by atoms with Gasteiger partial charge < -0.3 is 15.2 Å². The minimum Gasteiger partial charge on any atom is -0.550 e. The van der Waals surface area contributed by atoms with Crippen LogP contribution in [0.4, 0.5) is 18.9 Å². The number of aryl methyl sites for hydroxylation is 1. The van der Waals surface area contributed by atoms with E-state index in [1.54, 1.807) is 0 Å². The van der Waals surface area contributed by atoms with Gasteiger partial charge in [-0.3, -0.25) is 9.48 Å². The molecule has 25 heavy (non-hydrogen) atoms. The van der Waals surface area contributed by atoms with Crippen molar-refractivity contribution in [2.75, 3.05) is 5.32 Å². The van der Waals surface area contributed by atoms with Crippen molar-refractivity contribution in [1.29, 1.82) is 0 Å². The number of nitrogens with zero attached hydrogens (tertiary/aromatic N) is 2. The molecular weight excluding hydrogens is 350 g/mol. The monoisotopic (exact) mass is 363 g/mol. The fourth-order valence-corrected chi connectivity index (χ4v) is 2.04. The van der Waals surface area contributed by atoms with Gasteiger partial charge in [0.15, 0.2) is 5.69 Å². The zero-order valence-electron chi connectivity index (χ0n) is 13.6. The number of hydrogen-bond donors (Lipinski definition) is 1. The van der Waals surface area contributed by atoms with Crippen LogP contribution in [0.3, 0.4) is 0 Å². The van der Waals surface area contributed by atoms with E-state index in [9.17, 15) is 27.9 Å². The number of anilines is 1. The smallest absolute Gasteiger partial charge is 0.550 e. The number of carboxylic acid groups (broad SMARTS) is 1. The molecule has 0 unspecified atom stereocenters. The van der Waals surface area contributed by atoms with Gasteiger partial charge in [-0.15, -0.1) is 0 Å². The molecule has 0 aliphatic heterocycles. The molecule has 0 aliphatic rings. The Balaban J connectivity index is 0.00000312. The predicted octanol–water partition coefficient (Wildman–Crippen LogP) is -1.42. The van der Waals surface area contributed by atoms with Gasteiger partial charge in [-0.05, 0) is 30.2 Å². The first-order valence-electron chi connectivity index (χ1n) is 6.88. The molecule has 128 valence electrons. The molecule has 2 aromatic rings. The van der Waals surface area contributed by atoms with E-state index in [4.69, 9.17) is 0 Å². The summed E-state index contributed by atoms with van der Waals surface area (Å²) in [6, 6.07) is 7.02. The van der Waals surface area contributed by atoms with Gasteiger partial charge in [0.2, 0.25) is 5.91 Å². The van der Waals surface area contributed by atoms with E-state index in [-0.39, 0.29) is 48.1 Å². The van der Waals surface area contributed by atoms with E-state index in [1.165, 1.54) is 31.3 Å². The second-order valence-corrected chi connectivity index (χ2v) is 5.03. The average molecular weight is 363 g/mol. The summed E-state index contributed by atoms with van der Waals surface area (Å²) in [4.78, 5) is 21.8. The standard InChI is InChI=1S/C15H14F3N3O3.Na/c1-21-11(8-12(20-21)15(16,17)18)9-2-4-10(5-3-9)19-13(22)6-7-14(23)24;/h2-5,8H,6-7H2,1H3,(H,19,22)(H,23,24);/q;+1/p-1. The topological polar surface area (TPSA) is 87.0 Å². The number of carbonyl (C=O) groups excluding carboxylic acids is 2. The first-order valence-corrected chi connectivity index (χ1v) is 6.88. The summed E-state index contributed by atoms with van der Waals surface area (Å²) < 4.78 is 39.1. The number of alkyl halides is 3. The van der Waals surface area contributed by atoms with E-state index in [2.05, 4.69) is 10.4 Å². The van der Waals surface area contributed by atoms with Gasteiger partial charge in [0.1, 0.15) is 0 Å². The zero-order valence-corrected chi connectivity index (χ0v) is 15.6. The van der Waals surface area contributed by atoms with Crippen molar-refractivity contribution < 1.29 is 57.4 Å². The van der Waals surface area contributed by atoms with Gasteiger partial charge in [-0.1, -0.05) is 12.1 Å². The van der Waals surface area contributed by atoms with Crippen LogP contribution in [0.5, 0.6) is 0 Å². The van der Waals surface area contributed by atoms with Crippen LogP contribution < -0.4 is 40.0 Å². The Morgan fingerprint density at radius 3 is 2.28 bits per heavy atom. The molecule has 0 spiro atoms. The van der Waals surface area contributed by atoms with Crippen LogP contribution in [0.1, 0.15) is 18.5 Å². The SMILES string of the molecule is Cn1nc(C(F)(F)F)cc1-c1ccc(NC(=O)CCC(=O)[O-])cc1.[Na+]. The maximum atomic E-state index is 12.7. The third kappa shape index (κ3) is 5.87. The second-order valence-electron chi connectivity index (χ2n) is 5.03. The second kappa shape index (κ2) is 8.50. The Bertz CT molecular complexity index is 758. The molecule has 1 heterocycles. The molecule has 10 heteroatoms. The quantitative estimate of drug-likeness (QED) is 0.661. The van der Waals surface area contributed by atoms with E-state index < -0.39 is 23.7 Å². The van der Waals surface area contributed by atoms with E-state index in [0.717, 1.165) is 10.7 Å². The van der Waals surface area contributed by atoms with Gasteiger partial charge >= 0.3 is 35.7 Å². The minimum absolute atomic E-state index is 0. The Kier molecular flexibility index (Phi) is 7.21. The van der Waals surface area contributed by atoms with Crippen LogP contribution in [0.15, 0.2) is 30.3 Å². The van der Waals surface area contributed by atoms with Gasteiger partial charge in [0, 0.05) is 25.1 Å². The van der Waals surface area contributed by atoms with Crippen molar-refractivity contribution in [3.63, 3.8) is 0 Å². The molecule has 1 amide bonds. The van der Waals surface area contributed by atoms with Gasteiger partial charge in [-0.2, -0.15) is 18.3 Å². The van der Waals surface area contributed by atoms with E-state index >= 15 is 0 Å². The minimum atomic E-state index is -4.52. The number of nitrogens with one attached hydrogen (secondary N) is 1. The number of benzene rings is 1. The van der Waals surface area contributed by atoms with Gasteiger partial charge in [0.05, 0.1) is 5.69 Å². The molecule has 1 aromatic heterocycles. The van der Waals surface area contributed by atoms with Crippen molar-refractivity contribution in [3.8, 4) is 11.3 Å². The summed E-state index contributed by atoms with van der Waals surface area (Å²) in [6.45, 7) is 0. The summed E-state index contributed by atoms with van der Waals surface area (Å²) in [5, 5.41) is 16.2. The number of amides is 1. The van der Waals surface area contributed by atoms with Crippen LogP contribution in [0.25, 0.3) is 11.3 Å². The van der Waals surface area contributed by atoms with Gasteiger partial charge in [-0.25, -0.2) is 0 Å². The number of aliphatic carboxylic acids is 1. The molecule has 2 rings (SSSR count). The molecule has 0 radical (unpaired) electrons. The summed E-state index contributed by atoms with van der Waals surface area (Å²) in [5.74, 6) is -1.82. The number of carboxylic acids is 1. The Morgan fingerprint density at radius 1 is 1.20 bits per heavy atom. The third-order valence-electron chi connectivity index (χ3n) is 3.19. The van der Waals surface area contributed by atoms with Crippen molar-refractivity contribution in [2.45, 2.75) is 19.0 Å². The number of carbonyl (C=O) groups is 2. The van der Waals surface area contributed by atoms with E-state index in [0.29, 0.717) is 11.3 Å². The molecule has 0 aliphatic carbocycles. The molecule has 0 atom stereocenters. The molecule has 0 saturated heterocycles. The molecule has 6 nitrogen and oxygen atoms in total. The van der Waals surface area contributed by atoms with Crippen LogP contribution in [0, 0.1) is 0 Å². The van der Waals surface area contributed by atoms with Crippen molar-refractivity contribution >= 4 is 17.6 Å². The van der Waals surface area contributed by atoms with E-state index in [1.807, 2.05) is 0 Å². The van der Waals surface area contributed by atoms with Crippen LogP contribution >= 0.6 is 0 Å². The maximum absolute atomic E-state index is 12.7. The van der Waals surface area contributed by atoms with Crippen molar-refractivity contribution in [2.24, 2.45) is 7.05 Å². The fraction of sp³-hybridized carbons (Fsp3) is 0.267. The summed E-state index contributed by atoms with van der Waals surface area (Å²) in [6.07, 6.45) is -5.14. The summed E-state index contributed by atoms with van der Waals surface area (Å²) in [5.41, 5.74) is 0.186. The van der Waals surface area contributed by atoms with Crippen molar-refractivity contribution in [1.82, 2.24) is 9.78 Å². The van der Waals surface area contributed by atoms with Crippen LogP contribution in [-0.2, 0) is 22.8 Å². The average Bonchev–Trinajstić information content (AvgIpc) is 2.88. The molecular formula is C15H13F3N3NaO3. The Hall–Kier alpha value is -1.84. The number of aromatic nitrogens is 2. The van der Waals surface area contributed by atoms with Gasteiger partial charge in [0.25, 0.3) is 0 Å². The zero-order chi connectivity index (χ0) is 17.9. The Labute approximate surface area is 163 Å². The first-order chi connectivity index (χ1) is 11.2. The molecule has 0 saturated carbocycles. The normalized spacial score (nSPS) is 10.9. The molecule has 1 N–H and O–H groups in total. The number of rotatable bonds is 5. The molecule has 0 fully saturated rings. The summed E-state index contributed by atoms with van der Waals surface area (Å²) >= 11 is 0. The first kappa shape index (κ1) is 21.2. The number of halogens is 3. The fourth-order valence-electron chi connectivity index (χ4n) is 2.04. The molecule has 0 bridgehead atoms. The molecule has 1 aromatic carbocycles. The summed E-state index contributed by atoms with van der Waals surface area (Å²) in [7, 11) is 1.40. The predicted molar refractivity (Wildman–Crippen MR) is 76.5 cm³/mol. The van der Waals surface area contributed by atoms with Crippen molar-refractivity contribution in [3.05, 3.63) is 36.0 Å². The largest absolute Gasteiger partial charge is 1.00 e.